The number of carboxylic acid groups (broad SMARTS) is 1. The molecule has 1 atom stereocenters. The fraction of sp³-hybridized carbons (Fsp3) is 0.294. The number of amides is 1. The van der Waals surface area contributed by atoms with E-state index in [1.165, 1.54) is 24.3 Å². The number of hydrogen-bond acceptors (Lipinski definition) is 3. The molecule has 1 aromatic heterocycles. The lowest BCUT2D eigenvalue weighted by Crippen LogP contribution is -2.45. The molecule has 2 rings (SSSR count). The monoisotopic (exact) mass is 368 g/mol. The third kappa shape index (κ3) is 4.00. The summed E-state index contributed by atoms with van der Waals surface area (Å²) in [7, 11) is 0. The first-order valence-corrected chi connectivity index (χ1v) is 7.79. The van der Waals surface area contributed by atoms with Gasteiger partial charge in [0.25, 0.3) is 5.15 Å². The van der Waals surface area contributed by atoms with Crippen molar-refractivity contribution in [2.75, 3.05) is 4.90 Å². The molecule has 0 radical (unpaired) electrons. The Morgan fingerprint density at radius 1 is 1.32 bits per heavy atom. The highest BCUT2D eigenvalue weighted by atomic mass is 35.5. The third-order valence-corrected chi connectivity index (χ3v) is 3.89. The molecule has 8 heteroatoms. The maximum Gasteiger partial charge on any atom is 0.412 e. The average molecular weight is 369 g/mol. The molecule has 2 N–H and O–H groups in total. The quantitative estimate of drug-likeness (QED) is 0.493. The van der Waals surface area contributed by atoms with Gasteiger partial charge >= 0.3 is 6.09 Å². The Hall–Kier alpha value is -2.38. The van der Waals surface area contributed by atoms with Crippen molar-refractivity contribution in [2.45, 2.75) is 32.4 Å². The SMILES string of the molecule is CC(C)(C)N(C(=O)O)c1ccc(C(O)c2cc[n+]([O-])c(Cl)c2)c(F)c1. The number of aromatic nitrogens is 1. The second kappa shape index (κ2) is 6.85. The van der Waals surface area contributed by atoms with Crippen LogP contribution in [0.1, 0.15) is 38.0 Å². The van der Waals surface area contributed by atoms with Crippen LogP contribution < -0.4 is 9.63 Å². The molecule has 0 aliphatic carbocycles. The Morgan fingerprint density at radius 3 is 2.44 bits per heavy atom. The molecule has 0 aliphatic heterocycles. The largest absolute Gasteiger partial charge is 0.618 e. The minimum Gasteiger partial charge on any atom is -0.618 e. The van der Waals surface area contributed by atoms with Crippen molar-refractivity contribution in [1.29, 1.82) is 0 Å². The number of aliphatic hydroxyl groups excluding tert-OH is 1. The van der Waals surface area contributed by atoms with Crippen LogP contribution >= 0.6 is 11.6 Å². The van der Waals surface area contributed by atoms with Crippen LogP contribution in [0.15, 0.2) is 36.5 Å². The fourth-order valence-electron chi connectivity index (χ4n) is 2.49. The molecule has 1 amide bonds. The van der Waals surface area contributed by atoms with Crippen LogP contribution in [0.4, 0.5) is 14.9 Å². The van der Waals surface area contributed by atoms with E-state index in [0.717, 1.165) is 17.2 Å². The van der Waals surface area contributed by atoms with Gasteiger partial charge in [0.2, 0.25) is 0 Å². The summed E-state index contributed by atoms with van der Waals surface area (Å²) in [5.74, 6) is -0.768. The highest BCUT2D eigenvalue weighted by Crippen LogP contribution is 2.30. The van der Waals surface area contributed by atoms with E-state index in [1.54, 1.807) is 20.8 Å². The molecule has 0 saturated heterocycles. The summed E-state index contributed by atoms with van der Waals surface area (Å²) in [5.41, 5.74) is -0.429. The number of hydrogen-bond donors (Lipinski definition) is 2. The van der Waals surface area contributed by atoms with Crippen molar-refractivity contribution in [3.63, 3.8) is 0 Å². The Bertz CT molecular complexity index is 808. The first-order chi connectivity index (χ1) is 11.5. The highest BCUT2D eigenvalue weighted by Gasteiger charge is 2.29. The zero-order chi connectivity index (χ0) is 18.9. The van der Waals surface area contributed by atoms with Crippen LogP contribution in [0.25, 0.3) is 0 Å². The molecule has 2 aromatic rings. The van der Waals surface area contributed by atoms with E-state index in [1.807, 2.05) is 0 Å². The lowest BCUT2D eigenvalue weighted by molar-refractivity contribution is -0.603. The Morgan fingerprint density at radius 2 is 1.96 bits per heavy atom. The molecular formula is C17H18ClFN2O4. The normalized spacial score (nSPS) is 12.7. The summed E-state index contributed by atoms with van der Waals surface area (Å²) in [5, 5.41) is 30.8. The summed E-state index contributed by atoms with van der Waals surface area (Å²) >= 11 is 5.71. The van der Waals surface area contributed by atoms with Crippen LogP contribution in [-0.4, -0.2) is 21.8 Å². The summed E-state index contributed by atoms with van der Waals surface area (Å²) in [4.78, 5) is 12.5. The van der Waals surface area contributed by atoms with Gasteiger partial charge in [-0.1, -0.05) is 6.07 Å². The van der Waals surface area contributed by atoms with Crippen molar-refractivity contribution >= 4 is 23.4 Å². The van der Waals surface area contributed by atoms with E-state index in [9.17, 15) is 24.6 Å². The van der Waals surface area contributed by atoms with Gasteiger partial charge in [-0.25, -0.2) is 9.18 Å². The predicted molar refractivity (Wildman–Crippen MR) is 91.1 cm³/mol. The topological polar surface area (TPSA) is 87.7 Å². The number of halogens is 2. The van der Waals surface area contributed by atoms with Crippen molar-refractivity contribution < 1.29 is 24.1 Å². The van der Waals surface area contributed by atoms with Gasteiger partial charge in [-0.05, 0) is 50.1 Å². The lowest BCUT2D eigenvalue weighted by atomic mass is 10.00. The van der Waals surface area contributed by atoms with Crippen molar-refractivity contribution in [1.82, 2.24) is 0 Å². The highest BCUT2D eigenvalue weighted by molar-refractivity contribution is 6.28. The molecule has 1 heterocycles. The maximum absolute atomic E-state index is 14.5. The first kappa shape index (κ1) is 19.0. The molecule has 0 saturated carbocycles. The van der Waals surface area contributed by atoms with Crippen molar-refractivity contribution in [3.05, 3.63) is 63.8 Å². The zero-order valence-corrected chi connectivity index (χ0v) is 14.7. The van der Waals surface area contributed by atoms with Gasteiger partial charge < -0.3 is 15.4 Å². The molecular weight excluding hydrogens is 351 g/mol. The van der Waals surface area contributed by atoms with E-state index in [-0.39, 0.29) is 22.0 Å². The molecule has 134 valence electrons. The first-order valence-electron chi connectivity index (χ1n) is 7.41. The number of carbonyl (C=O) groups is 1. The number of aliphatic hydroxyl groups is 1. The zero-order valence-electron chi connectivity index (χ0n) is 13.9. The van der Waals surface area contributed by atoms with Crippen LogP contribution in [0, 0.1) is 11.0 Å². The minimum absolute atomic E-state index is 0.0530. The number of rotatable bonds is 3. The van der Waals surface area contributed by atoms with Crippen LogP contribution in [0.5, 0.6) is 0 Å². The average Bonchev–Trinajstić information content (AvgIpc) is 2.47. The summed E-state index contributed by atoms with van der Waals surface area (Å²) in [6, 6.07) is 6.35. The van der Waals surface area contributed by atoms with Gasteiger partial charge in [0.15, 0.2) is 6.20 Å². The third-order valence-electron chi connectivity index (χ3n) is 3.61. The molecule has 0 aliphatic rings. The van der Waals surface area contributed by atoms with E-state index in [2.05, 4.69) is 0 Å². The standard InChI is InChI=1S/C17H18ClFN2O4/c1-17(2,3)21(16(23)24)11-4-5-12(13(19)9-11)15(22)10-6-7-20(25)14(18)8-10/h4-9,15,22H,1-3H3,(H,23,24). The number of benzene rings is 1. The van der Waals surface area contributed by atoms with E-state index in [0.29, 0.717) is 4.73 Å². The number of anilines is 1. The Kier molecular flexibility index (Phi) is 5.20. The molecule has 0 bridgehead atoms. The van der Waals surface area contributed by atoms with E-state index >= 15 is 0 Å². The molecule has 0 spiro atoms. The van der Waals surface area contributed by atoms with Gasteiger partial charge in [0.1, 0.15) is 11.9 Å². The second-order valence-corrected chi connectivity index (χ2v) is 6.89. The van der Waals surface area contributed by atoms with Crippen LogP contribution in [-0.2, 0) is 0 Å². The van der Waals surface area contributed by atoms with Gasteiger partial charge in [0, 0.05) is 23.2 Å². The molecule has 0 fully saturated rings. The van der Waals surface area contributed by atoms with Gasteiger partial charge in [0.05, 0.1) is 5.69 Å². The second-order valence-electron chi connectivity index (χ2n) is 6.51. The summed E-state index contributed by atoms with van der Waals surface area (Å²) in [6.45, 7) is 5.06. The van der Waals surface area contributed by atoms with Gasteiger partial charge in [-0.2, -0.15) is 4.73 Å². The molecule has 1 aromatic carbocycles. The molecule has 25 heavy (non-hydrogen) atoms. The number of nitrogens with zero attached hydrogens (tertiary/aromatic N) is 2. The fourth-order valence-corrected chi connectivity index (χ4v) is 2.67. The van der Waals surface area contributed by atoms with Crippen LogP contribution in [0.3, 0.4) is 0 Å². The van der Waals surface area contributed by atoms with E-state index in [4.69, 9.17) is 11.6 Å². The molecule has 1 unspecified atom stereocenters. The van der Waals surface area contributed by atoms with Gasteiger partial charge in [-0.15, -0.1) is 0 Å². The van der Waals surface area contributed by atoms with Crippen molar-refractivity contribution in [2.24, 2.45) is 0 Å². The minimum atomic E-state index is -1.35. The van der Waals surface area contributed by atoms with Crippen LogP contribution in [0.2, 0.25) is 5.15 Å². The maximum atomic E-state index is 14.5. The number of pyridine rings is 1. The van der Waals surface area contributed by atoms with Crippen molar-refractivity contribution in [3.8, 4) is 0 Å². The summed E-state index contributed by atoms with van der Waals surface area (Å²) in [6.07, 6.45) is -1.45. The smallest absolute Gasteiger partial charge is 0.412 e. The van der Waals surface area contributed by atoms with Gasteiger partial charge in [-0.3, -0.25) is 4.90 Å². The lowest BCUT2D eigenvalue weighted by Gasteiger charge is -2.33. The summed E-state index contributed by atoms with van der Waals surface area (Å²) < 4.78 is 14.9. The predicted octanol–water partition coefficient (Wildman–Crippen LogP) is 3.48. The molecule has 6 nitrogen and oxygen atoms in total. The Labute approximate surface area is 149 Å². The van der Waals surface area contributed by atoms with E-state index < -0.39 is 23.6 Å². The Balaban J connectivity index is 2.42.